The largest absolute Gasteiger partial charge is 0.0820 e. The molecule has 0 spiro atoms. The van der Waals surface area contributed by atoms with Crippen molar-refractivity contribution in [3.63, 3.8) is 0 Å². The molecule has 0 saturated heterocycles. The number of fused-ring (bicyclic) bond motifs is 3. The van der Waals surface area contributed by atoms with Gasteiger partial charge in [0.2, 0.25) is 0 Å². The van der Waals surface area contributed by atoms with Crippen molar-refractivity contribution in [1.82, 2.24) is 0 Å². The van der Waals surface area contributed by atoms with E-state index in [2.05, 4.69) is 55.5 Å². The Morgan fingerprint density at radius 1 is 0.667 bits per heavy atom. The molecule has 0 aliphatic heterocycles. The monoisotopic (exact) mass is 400 g/mol. The lowest BCUT2D eigenvalue weighted by atomic mass is 9.90. The van der Waals surface area contributed by atoms with Gasteiger partial charge in [0.05, 0.1) is 4.75 Å². The van der Waals surface area contributed by atoms with Crippen molar-refractivity contribution >= 4 is 21.7 Å². The van der Waals surface area contributed by atoms with Crippen LogP contribution in [0.2, 0.25) is 0 Å². The van der Waals surface area contributed by atoms with Crippen molar-refractivity contribution < 1.29 is 0 Å². The zero-order valence-corrected chi connectivity index (χ0v) is 18.3. The lowest BCUT2D eigenvalue weighted by Gasteiger charge is -2.28. The first-order valence-electron chi connectivity index (χ1n) is 10.8. The molecule has 0 bridgehead atoms. The fraction of sp³-hybridized carbons (Fsp3) is 0.520. The average Bonchev–Trinajstić information content (AvgIpc) is 3.00. The van der Waals surface area contributed by atoms with E-state index in [1.54, 1.807) is 0 Å². The van der Waals surface area contributed by atoms with Gasteiger partial charge >= 0.3 is 0 Å². The first kappa shape index (κ1) is 20.8. The predicted molar refractivity (Wildman–Crippen MR) is 123 cm³/mol. The highest BCUT2D eigenvalue weighted by atomic mass is 35.7. The molecule has 27 heavy (non-hydrogen) atoms. The van der Waals surface area contributed by atoms with Crippen molar-refractivity contribution in [2.75, 3.05) is 0 Å². The zero-order chi connectivity index (χ0) is 19.0. The Kier molecular flexibility index (Phi) is 8.15. The summed E-state index contributed by atoms with van der Waals surface area (Å²) in [5, 5.41) is 0. The first-order valence-corrected chi connectivity index (χ1v) is 12.5. The molecule has 0 N–H and O–H groups in total. The summed E-state index contributed by atoms with van der Waals surface area (Å²) < 4.78 is -0.0745. The lowest BCUT2D eigenvalue weighted by molar-refractivity contribution is 0.533. The first-order chi connectivity index (χ1) is 13.3. The summed E-state index contributed by atoms with van der Waals surface area (Å²) in [5.41, 5.74) is 5.55. The molecule has 1 aliphatic rings. The van der Waals surface area contributed by atoms with E-state index in [4.69, 9.17) is 10.7 Å². The average molecular weight is 401 g/mol. The van der Waals surface area contributed by atoms with Crippen LogP contribution in [0.25, 0.3) is 11.1 Å². The second-order valence-corrected chi connectivity index (χ2v) is 9.24. The molecule has 0 nitrogen and oxygen atoms in total. The van der Waals surface area contributed by atoms with E-state index >= 15 is 0 Å². The van der Waals surface area contributed by atoms with E-state index < -0.39 is 0 Å². The summed E-state index contributed by atoms with van der Waals surface area (Å²) in [6.45, 7) is 2.28. The van der Waals surface area contributed by atoms with Crippen LogP contribution in [0.4, 0.5) is 0 Å². The third kappa shape index (κ3) is 4.74. The number of hydrogen-bond acceptors (Lipinski definition) is 1. The van der Waals surface area contributed by atoms with E-state index in [0.29, 0.717) is 0 Å². The molecule has 2 heteroatoms. The molecular formula is C25H33ClS. The maximum atomic E-state index is 6.56. The van der Waals surface area contributed by atoms with Gasteiger partial charge in [-0.15, -0.1) is 0 Å². The van der Waals surface area contributed by atoms with Crippen molar-refractivity contribution in [3.8, 4) is 11.1 Å². The molecule has 0 amide bonds. The van der Waals surface area contributed by atoms with E-state index in [9.17, 15) is 0 Å². The Bertz CT molecular complexity index is 663. The number of hydrogen-bond donors (Lipinski definition) is 0. The maximum absolute atomic E-state index is 6.56. The number of rotatable bonds is 12. The fourth-order valence-electron chi connectivity index (χ4n) is 4.54. The quantitative estimate of drug-likeness (QED) is 0.320. The van der Waals surface area contributed by atoms with Gasteiger partial charge in [0, 0.05) is 0 Å². The van der Waals surface area contributed by atoms with Crippen LogP contribution in [0.5, 0.6) is 0 Å². The van der Waals surface area contributed by atoms with Gasteiger partial charge in [-0.25, -0.2) is 0 Å². The van der Waals surface area contributed by atoms with Crippen LogP contribution in [0.1, 0.15) is 88.7 Å². The third-order valence-corrected chi connectivity index (χ3v) is 7.73. The van der Waals surface area contributed by atoms with Crippen molar-refractivity contribution in [2.45, 2.75) is 82.3 Å². The van der Waals surface area contributed by atoms with Crippen LogP contribution in [0.3, 0.4) is 0 Å². The molecule has 0 atom stereocenters. The minimum atomic E-state index is -0.0745. The van der Waals surface area contributed by atoms with Crippen LogP contribution in [-0.4, -0.2) is 0 Å². The molecular weight excluding hydrogens is 368 g/mol. The summed E-state index contributed by atoms with van der Waals surface area (Å²) in [7, 11) is 8.08. The van der Waals surface area contributed by atoms with Gasteiger partial charge in [-0.1, -0.05) is 120 Å². The molecule has 0 saturated carbocycles. The molecule has 1 aliphatic carbocycles. The van der Waals surface area contributed by atoms with E-state index in [-0.39, 0.29) is 4.75 Å². The van der Waals surface area contributed by atoms with Crippen molar-refractivity contribution in [3.05, 3.63) is 59.7 Å². The highest BCUT2D eigenvalue weighted by molar-refractivity contribution is 8.22. The Morgan fingerprint density at radius 2 is 1.11 bits per heavy atom. The Labute approximate surface area is 174 Å². The van der Waals surface area contributed by atoms with Gasteiger partial charge in [0.25, 0.3) is 0 Å². The molecule has 2 aromatic carbocycles. The van der Waals surface area contributed by atoms with Crippen molar-refractivity contribution in [2.24, 2.45) is 0 Å². The Morgan fingerprint density at radius 3 is 1.59 bits per heavy atom. The molecule has 0 aromatic heterocycles. The van der Waals surface area contributed by atoms with Gasteiger partial charge in [-0.3, -0.25) is 0 Å². The smallest absolute Gasteiger partial charge is 0.0654 e. The van der Waals surface area contributed by atoms with Gasteiger partial charge in [-0.05, 0) is 50.3 Å². The molecule has 2 aromatic rings. The maximum Gasteiger partial charge on any atom is 0.0820 e. The summed E-state index contributed by atoms with van der Waals surface area (Å²) in [6, 6.07) is 17.7. The van der Waals surface area contributed by atoms with Gasteiger partial charge in [0.1, 0.15) is 0 Å². The lowest BCUT2D eigenvalue weighted by Crippen LogP contribution is -2.19. The molecule has 0 heterocycles. The minimum absolute atomic E-state index is 0.0745. The second-order valence-electron chi connectivity index (χ2n) is 7.93. The number of unbranched alkanes of at least 4 members (excludes halogenated alkanes) is 9. The zero-order valence-electron chi connectivity index (χ0n) is 16.7. The SMILES string of the molecule is CCCCCCCCCCCCC1(SCl)c2ccccc2-c2ccccc21. The summed E-state index contributed by atoms with van der Waals surface area (Å²) in [6.07, 6.45) is 14.9. The molecule has 146 valence electrons. The predicted octanol–water partition coefficient (Wildman–Crippen LogP) is 9.11. The van der Waals surface area contributed by atoms with E-state index in [0.717, 1.165) is 6.42 Å². The summed E-state index contributed by atoms with van der Waals surface area (Å²) in [4.78, 5) is 0. The number of benzene rings is 2. The topological polar surface area (TPSA) is 0 Å². The highest BCUT2D eigenvalue weighted by Gasteiger charge is 2.42. The van der Waals surface area contributed by atoms with Crippen LogP contribution in [0.15, 0.2) is 48.5 Å². The molecule has 0 unspecified atom stereocenters. The van der Waals surface area contributed by atoms with Gasteiger partial charge in [-0.2, -0.15) is 0 Å². The van der Waals surface area contributed by atoms with Gasteiger partial charge in [0.15, 0.2) is 0 Å². The van der Waals surface area contributed by atoms with E-state index in [1.165, 1.54) is 97.4 Å². The number of halogens is 1. The van der Waals surface area contributed by atoms with Crippen LogP contribution in [0, 0.1) is 0 Å². The van der Waals surface area contributed by atoms with Crippen LogP contribution in [-0.2, 0) is 4.75 Å². The second kappa shape index (κ2) is 10.6. The Balaban J connectivity index is 1.53. The minimum Gasteiger partial charge on any atom is -0.0654 e. The Hall–Kier alpha value is -0.920. The highest BCUT2D eigenvalue weighted by Crippen LogP contribution is 2.58. The standard InChI is InChI=1S/C25H33ClS/c1-2-3-4-5-6-7-8-9-10-15-20-25(27-26)23-18-13-11-16-21(23)22-17-12-14-19-24(22)25/h11-14,16-19H,2-10,15,20H2,1H3. The van der Waals surface area contributed by atoms with Crippen molar-refractivity contribution in [1.29, 1.82) is 0 Å². The fourth-order valence-corrected chi connectivity index (χ4v) is 6.01. The third-order valence-electron chi connectivity index (χ3n) is 6.03. The summed E-state index contributed by atoms with van der Waals surface area (Å²) in [5.74, 6) is 0. The van der Waals surface area contributed by atoms with E-state index in [1.807, 2.05) is 0 Å². The van der Waals surface area contributed by atoms with Crippen LogP contribution >= 0.6 is 21.7 Å². The van der Waals surface area contributed by atoms with Crippen LogP contribution < -0.4 is 0 Å². The van der Waals surface area contributed by atoms with Gasteiger partial charge < -0.3 is 0 Å². The normalized spacial score (nSPS) is 14.1. The molecule has 0 fully saturated rings. The molecule has 3 rings (SSSR count). The molecule has 0 radical (unpaired) electrons. The summed E-state index contributed by atoms with van der Waals surface area (Å²) >= 11 is 0.